The predicted molar refractivity (Wildman–Crippen MR) is 85.5 cm³/mol. The van der Waals surface area contributed by atoms with Crippen molar-refractivity contribution in [3.05, 3.63) is 30.1 Å². The molecule has 2 atom stereocenters. The summed E-state index contributed by atoms with van der Waals surface area (Å²) in [5, 5.41) is 0. The number of hydrogen-bond donors (Lipinski definition) is 0. The van der Waals surface area contributed by atoms with Crippen molar-refractivity contribution >= 4 is 0 Å². The van der Waals surface area contributed by atoms with Crippen LogP contribution in [0.1, 0.15) is 77.7 Å². The Morgan fingerprint density at radius 1 is 1.20 bits per heavy atom. The quantitative estimate of drug-likeness (QED) is 0.674. The lowest BCUT2D eigenvalue weighted by Gasteiger charge is -2.40. The molecule has 0 saturated heterocycles. The molecule has 0 radical (unpaired) electrons. The minimum Gasteiger partial charge on any atom is -0.218 e. The second kappa shape index (κ2) is 6.74. The molecule has 1 nitrogen and oxygen atoms in total. The zero-order valence-corrected chi connectivity index (χ0v) is 13.8. The molecule has 2 rings (SSSR count). The molecular weight excluding hydrogens is 242 g/mol. The summed E-state index contributed by atoms with van der Waals surface area (Å²) in [5.41, 5.74) is 1.92. The third-order valence-corrected chi connectivity index (χ3v) is 5.56. The zero-order chi connectivity index (χ0) is 14.6. The Balaban J connectivity index is 2.04. The van der Waals surface area contributed by atoms with Crippen molar-refractivity contribution in [1.82, 2.24) is 0 Å². The number of H-pyrrole nitrogens is 1. The standard InChI is InChI=1S/C19H31N/c1-5-18(17-8-6-7-9-17)19(3,4)14-15(2)16-10-12-20-13-11-16/h10-13,15,17-18H,5-9,14H2,1-4H3/p+1. The summed E-state index contributed by atoms with van der Waals surface area (Å²) >= 11 is 0. The molecule has 1 aromatic heterocycles. The van der Waals surface area contributed by atoms with Crippen LogP contribution >= 0.6 is 0 Å². The molecule has 112 valence electrons. The van der Waals surface area contributed by atoms with Gasteiger partial charge in [0.05, 0.1) is 0 Å². The van der Waals surface area contributed by atoms with Gasteiger partial charge in [-0.3, -0.25) is 0 Å². The van der Waals surface area contributed by atoms with Gasteiger partial charge in [0.1, 0.15) is 0 Å². The van der Waals surface area contributed by atoms with Crippen LogP contribution in [0.2, 0.25) is 0 Å². The fraction of sp³-hybridized carbons (Fsp3) is 0.737. The monoisotopic (exact) mass is 274 g/mol. The zero-order valence-electron chi connectivity index (χ0n) is 13.8. The lowest BCUT2D eigenvalue weighted by Crippen LogP contribution is -2.30. The van der Waals surface area contributed by atoms with Gasteiger partial charge < -0.3 is 0 Å². The number of aromatic nitrogens is 1. The van der Waals surface area contributed by atoms with E-state index in [-0.39, 0.29) is 0 Å². The number of pyridine rings is 1. The lowest BCUT2D eigenvalue weighted by molar-refractivity contribution is -0.378. The molecule has 1 aromatic rings. The highest BCUT2D eigenvalue weighted by Crippen LogP contribution is 2.47. The Morgan fingerprint density at radius 2 is 1.80 bits per heavy atom. The summed E-state index contributed by atoms with van der Waals surface area (Å²) in [7, 11) is 0. The van der Waals surface area contributed by atoms with Crippen LogP contribution in [-0.2, 0) is 0 Å². The van der Waals surface area contributed by atoms with Gasteiger partial charge in [-0.15, -0.1) is 0 Å². The summed E-state index contributed by atoms with van der Waals surface area (Å²) in [4.78, 5) is 3.13. The smallest absolute Gasteiger partial charge is 0.167 e. The van der Waals surface area contributed by atoms with E-state index in [1.54, 1.807) is 0 Å². The largest absolute Gasteiger partial charge is 0.218 e. The van der Waals surface area contributed by atoms with E-state index in [2.05, 4.69) is 44.8 Å². The van der Waals surface area contributed by atoms with E-state index in [1.165, 1.54) is 44.1 Å². The molecule has 1 fully saturated rings. The SMILES string of the molecule is CCC(C1CCCC1)C(C)(C)CC(C)c1cc[nH+]cc1. The highest BCUT2D eigenvalue weighted by Gasteiger charge is 2.36. The molecule has 0 spiro atoms. The van der Waals surface area contributed by atoms with Crippen LogP contribution in [0, 0.1) is 17.3 Å². The van der Waals surface area contributed by atoms with Gasteiger partial charge in [-0.2, -0.15) is 0 Å². The minimum atomic E-state index is 0.447. The molecule has 2 unspecified atom stereocenters. The Labute approximate surface area is 125 Å². The molecule has 1 N–H and O–H groups in total. The van der Waals surface area contributed by atoms with Crippen LogP contribution in [0.3, 0.4) is 0 Å². The Morgan fingerprint density at radius 3 is 2.35 bits per heavy atom. The maximum Gasteiger partial charge on any atom is 0.167 e. The van der Waals surface area contributed by atoms with E-state index in [1.807, 2.05) is 12.4 Å². The van der Waals surface area contributed by atoms with Crippen molar-refractivity contribution in [3.63, 3.8) is 0 Å². The topological polar surface area (TPSA) is 14.1 Å². The average molecular weight is 274 g/mol. The number of rotatable bonds is 6. The highest BCUT2D eigenvalue weighted by atomic mass is 14.6. The van der Waals surface area contributed by atoms with Crippen LogP contribution in [-0.4, -0.2) is 0 Å². The Bertz CT molecular complexity index is 389. The van der Waals surface area contributed by atoms with Crippen LogP contribution in [0.5, 0.6) is 0 Å². The fourth-order valence-corrected chi connectivity index (χ4v) is 4.67. The maximum atomic E-state index is 3.13. The normalized spacial score (nSPS) is 20.0. The third kappa shape index (κ3) is 3.62. The first-order chi connectivity index (χ1) is 9.54. The van der Waals surface area contributed by atoms with Gasteiger partial charge in [0.25, 0.3) is 0 Å². The lowest BCUT2D eigenvalue weighted by atomic mass is 9.65. The Hall–Kier alpha value is -0.850. The summed E-state index contributed by atoms with van der Waals surface area (Å²) in [5.74, 6) is 2.52. The van der Waals surface area contributed by atoms with Crippen molar-refractivity contribution in [3.8, 4) is 0 Å². The molecule has 1 heterocycles. The van der Waals surface area contributed by atoms with Crippen molar-refractivity contribution in [2.24, 2.45) is 17.3 Å². The van der Waals surface area contributed by atoms with E-state index in [4.69, 9.17) is 0 Å². The molecule has 1 aliphatic carbocycles. The van der Waals surface area contributed by atoms with Gasteiger partial charge in [-0.1, -0.05) is 59.8 Å². The van der Waals surface area contributed by atoms with Crippen molar-refractivity contribution in [2.75, 3.05) is 0 Å². The van der Waals surface area contributed by atoms with Crippen LogP contribution in [0.25, 0.3) is 0 Å². The summed E-state index contributed by atoms with van der Waals surface area (Å²) in [6.45, 7) is 9.79. The first kappa shape index (κ1) is 15.5. The van der Waals surface area contributed by atoms with Crippen LogP contribution < -0.4 is 4.98 Å². The van der Waals surface area contributed by atoms with E-state index in [0.29, 0.717) is 11.3 Å². The molecule has 20 heavy (non-hydrogen) atoms. The number of hydrogen-bond acceptors (Lipinski definition) is 0. The average Bonchev–Trinajstić information content (AvgIpc) is 2.93. The molecule has 0 bridgehead atoms. The second-order valence-electron chi connectivity index (χ2n) is 7.49. The second-order valence-corrected chi connectivity index (χ2v) is 7.49. The van der Waals surface area contributed by atoms with Crippen LogP contribution in [0.4, 0.5) is 0 Å². The minimum absolute atomic E-state index is 0.447. The van der Waals surface area contributed by atoms with E-state index < -0.39 is 0 Å². The summed E-state index contributed by atoms with van der Waals surface area (Å²) < 4.78 is 0. The molecule has 1 heteroatoms. The predicted octanol–water partition coefficient (Wildman–Crippen LogP) is 5.24. The van der Waals surface area contributed by atoms with Gasteiger partial charge >= 0.3 is 0 Å². The Kier molecular flexibility index (Phi) is 5.23. The van der Waals surface area contributed by atoms with E-state index in [0.717, 1.165) is 11.8 Å². The molecule has 1 saturated carbocycles. The molecule has 0 aromatic carbocycles. The molecule has 0 amide bonds. The third-order valence-electron chi connectivity index (χ3n) is 5.56. The van der Waals surface area contributed by atoms with E-state index >= 15 is 0 Å². The number of aromatic amines is 1. The van der Waals surface area contributed by atoms with Crippen molar-refractivity contribution < 1.29 is 4.98 Å². The first-order valence-corrected chi connectivity index (χ1v) is 8.50. The molecule has 0 aliphatic heterocycles. The van der Waals surface area contributed by atoms with Crippen molar-refractivity contribution in [1.29, 1.82) is 0 Å². The van der Waals surface area contributed by atoms with Crippen LogP contribution in [0.15, 0.2) is 24.5 Å². The van der Waals surface area contributed by atoms with Crippen molar-refractivity contribution in [2.45, 2.75) is 72.1 Å². The summed E-state index contributed by atoms with van der Waals surface area (Å²) in [6.07, 6.45) is 12.6. The number of nitrogens with one attached hydrogen (secondary N) is 1. The van der Waals surface area contributed by atoms with E-state index in [9.17, 15) is 0 Å². The van der Waals surface area contributed by atoms with Gasteiger partial charge in [0, 0.05) is 12.1 Å². The maximum absolute atomic E-state index is 3.13. The van der Waals surface area contributed by atoms with Gasteiger partial charge in [-0.05, 0) is 35.2 Å². The van der Waals surface area contributed by atoms with Gasteiger partial charge in [-0.25, -0.2) is 4.98 Å². The highest BCUT2D eigenvalue weighted by molar-refractivity contribution is 5.13. The first-order valence-electron chi connectivity index (χ1n) is 8.50. The summed E-state index contributed by atoms with van der Waals surface area (Å²) in [6, 6.07) is 4.47. The van der Waals surface area contributed by atoms with Gasteiger partial charge in [0.2, 0.25) is 0 Å². The molecular formula is C19H32N+. The fourth-order valence-electron chi connectivity index (χ4n) is 4.67. The molecule has 1 aliphatic rings. The van der Waals surface area contributed by atoms with Gasteiger partial charge in [0.15, 0.2) is 12.4 Å².